The summed E-state index contributed by atoms with van der Waals surface area (Å²) in [6.07, 6.45) is 0. The van der Waals surface area contributed by atoms with E-state index < -0.39 is 0 Å². The molecule has 0 radical (unpaired) electrons. The maximum atomic E-state index is 5.48. The van der Waals surface area contributed by atoms with Crippen molar-refractivity contribution in [3.63, 3.8) is 0 Å². The molecule has 0 fully saturated rings. The normalized spacial score (nSPS) is 12.0. The highest BCUT2D eigenvalue weighted by Crippen LogP contribution is 2.19. The fourth-order valence-electron chi connectivity index (χ4n) is 1.95. The Hall–Kier alpha value is -2.18. The van der Waals surface area contributed by atoms with Crippen LogP contribution in [0.2, 0.25) is 0 Å². The van der Waals surface area contributed by atoms with E-state index in [4.69, 9.17) is 10.6 Å². The maximum absolute atomic E-state index is 5.48. The van der Waals surface area contributed by atoms with Crippen LogP contribution in [0.4, 0.5) is 11.6 Å². The van der Waals surface area contributed by atoms with Crippen LogP contribution in [0.1, 0.15) is 6.92 Å². The molecule has 112 valence electrons. The van der Waals surface area contributed by atoms with Crippen molar-refractivity contribution in [1.82, 2.24) is 9.97 Å². The number of rotatable bonds is 7. The molecule has 0 amide bonds. The van der Waals surface area contributed by atoms with Gasteiger partial charge in [-0.2, -0.15) is 0 Å². The average Bonchev–Trinajstić information content (AvgIpc) is 2.54. The zero-order chi connectivity index (χ0) is 15.1. The van der Waals surface area contributed by atoms with E-state index in [2.05, 4.69) is 27.6 Å². The van der Waals surface area contributed by atoms with Crippen molar-refractivity contribution >= 4 is 11.6 Å². The Morgan fingerprint density at radius 1 is 1.19 bits per heavy atom. The molecule has 0 aliphatic heterocycles. The fourth-order valence-corrected chi connectivity index (χ4v) is 1.95. The minimum Gasteiger partial charge on any atom is -0.384 e. The van der Waals surface area contributed by atoms with Crippen LogP contribution < -0.4 is 16.6 Å². The highest BCUT2D eigenvalue weighted by molar-refractivity contribution is 5.60. The van der Waals surface area contributed by atoms with Crippen molar-refractivity contribution in [2.75, 3.05) is 31.0 Å². The first-order chi connectivity index (χ1) is 10.2. The van der Waals surface area contributed by atoms with Gasteiger partial charge in [-0.3, -0.25) is 0 Å². The third kappa shape index (κ3) is 4.40. The minimum atomic E-state index is 0.388. The first kappa shape index (κ1) is 15.2. The lowest BCUT2D eigenvalue weighted by Gasteiger charge is -2.13. The number of nitrogens with two attached hydrogens (primary N) is 1. The van der Waals surface area contributed by atoms with Crippen molar-refractivity contribution in [1.29, 1.82) is 0 Å². The number of hydrogen-bond donors (Lipinski definition) is 3. The van der Waals surface area contributed by atoms with Crippen LogP contribution in [-0.4, -0.2) is 30.2 Å². The van der Waals surface area contributed by atoms with Gasteiger partial charge in [-0.15, -0.1) is 0 Å². The number of benzene rings is 1. The standard InChI is InChI=1S/C15H21N5O/c1-11(10-21-2)9-17-13-8-14(20-16)19-15(18-13)12-6-4-3-5-7-12/h3-8,11H,9-10,16H2,1-2H3,(H2,17,18,19,20). The van der Waals surface area contributed by atoms with E-state index in [-0.39, 0.29) is 0 Å². The number of methoxy groups -OCH3 is 1. The van der Waals surface area contributed by atoms with Crippen molar-refractivity contribution in [3.05, 3.63) is 36.4 Å². The predicted molar refractivity (Wildman–Crippen MR) is 84.8 cm³/mol. The number of hydrazine groups is 1. The zero-order valence-corrected chi connectivity index (χ0v) is 12.3. The molecule has 0 spiro atoms. The van der Waals surface area contributed by atoms with Crippen LogP contribution in [0.25, 0.3) is 11.4 Å². The second-order valence-corrected chi connectivity index (χ2v) is 4.91. The average molecular weight is 287 g/mol. The van der Waals surface area contributed by atoms with Crippen LogP contribution in [0.15, 0.2) is 36.4 Å². The van der Waals surface area contributed by atoms with Gasteiger partial charge in [0.05, 0.1) is 6.61 Å². The molecule has 6 nitrogen and oxygen atoms in total. The topological polar surface area (TPSA) is 85.1 Å². The van der Waals surface area contributed by atoms with Gasteiger partial charge in [0.25, 0.3) is 0 Å². The first-order valence-electron chi connectivity index (χ1n) is 6.87. The van der Waals surface area contributed by atoms with Gasteiger partial charge in [-0.1, -0.05) is 37.3 Å². The number of nitrogens with zero attached hydrogens (tertiary/aromatic N) is 2. The predicted octanol–water partition coefficient (Wildman–Crippen LogP) is 2.12. The van der Waals surface area contributed by atoms with E-state index in [1.807, 2.05) is 30.3 Å². The van der Waals surface area contributed by atoms with Gasteiger partial charge in [0, 0.05) is 25.3 Å². The number of ether oxygens (including phenoxy) is 1. The fraction of sp³-hybridized carbons (Fsp3) is 0.333. The highest BCUT2D eigenvalue weighted by atomic mass is 16.5. The van der Waals surface area contributed by atoms with Crippen molar-refractivity contribution in [2.45, 2.75) is 6.92 Å². The van der Waals surface area contributed by atoms with Crippen molar-refractivity contribution in [3.8, 4) is 11.4 Å². The maximum Gasteiger partial charge on any atom is 0.163 e. The Morgan fingerprint density at radius 3 is 2.57 bits per heavy atom. The molecular weight excluding hydrogens is 266 g/mol. The number of aromatic nitrogens is 2. The van der Waals surface area contributed by atoms with Gasteiger partial charge in [-0.25, -0.2) is 15.8 Å². The molecule has 6 heteroatoms. The van der Waals surface area contributed by atoms with E-state index >= 15 is 0 Å². The van der Waals surface area contributed by atoms with Gasteiger partial charge in [0.15, 0.2) is 5.82 Å². The van der Waals surface area contributed by atoms with Crippen LogP contribution in [0, 0.1) is 5.92 Å². The summed E-state index contributed by atoms with van der Waals surface area (Å²) in [6.45, 7) is 3.58. The molecule has 1 aromatic carbocycles. The summed E-state index contributed by atoms with van der Waals surface area (Å²) in [6, 6.07) is 11.6. The van der Waals surface area contributed by atoms with Crippen molar-refractivity contribution < 1.29 is 4.74 Å². The van der Waals surface area contributed by atoms with E-state index in [0.29, 0.717) is 24.2 Å². The van der Waals surface area contributed by atoms with Gasteiger partial charge >= 0.3 is 0 Å². The number of anilines is 2. The first-order valence-corrected chi connectivity index (χ1v) is 6.87. The molecule has 0 saturated carbocycles. The van der Waals surface area contributed by atoms with Crippen LogP contribution in [0.5, 0.6) is 0 Å². The SMILES string of the molecule is COCC(C)CNc1cc(NN)nc(-c2ccccc2)n1. The van der Waals surface area contributed by atoms with Crippen molar-refractivity contribution in [2.24, 2.45) is 11.8 Å². The summed E-state index contributed by atoms with van der Waals surface area (Å²) in [5.74, 6) is 7.81. The zero-order valence-electron chi connectivity index (χ0n) is 12.3. The second kappa shape index (κ2) is 7.56. The molecule has 1 atom stereocenters. The molecule has 21 heavy (non-hydrogen) atoms. The highest BCUT2D eigenvalue weighted by Gasteiger charge is 2.07. The number of nitrogens with one attached hydrogen (secondary N) is 2. The van der Waals surface area contributed by atoms with Gasteiger partial charge < -0.3 is 15.5 Å². The second-order valence-electron chi connectivity index (χ2n) is 4.91. The quantitative estimate of drug-likeness (QED) is 0.534. The Labute approximate surface area is 124 Å². The molecule has 2 aromatic rings. The largest absolute Gasteiger partial charge is 0.384 e. The van der Waals surface area contributed by atoms with E-state index in [0.717, 1.165) is 17.9 Å². The molecule has 0 aliphatic carbocycles. The summed E-state index contributed by atoms with van der Waals surface area (Å²) in [5.41, 5.74) is 3.52. The molecular formula is C15H21N5O. The molecule has 0 saturated heterocycles. The summed E-state index contributed by atoms with van der Waals surface area (Å²) in [7, 11) is 1.70. The van der Waals surface area contributed by atoms with Crippen LogP contribution in [0.3, 0.4) is 0 Å². The third-order valence-corrected chi connectivity index (χ3v) is 2.99. The summed E-state index contributed by atoms with van der Waals surface area (Å²) in [4.78, 5) is 8.90. The smallest absolute Gasteiger partial charge is 0.163 e. The van der Waals surface area contributed by atoms with Gasteiger partial charge in [-0.05, 0) is 5.92 Å². The lowest BCUT2D eigenvalue weighted by molar-refractivity contribution is 0.164. The molecule has 0 aliphatic rings. The minimum absolute atomic E-state index is 0.388. The summed E-state index contributed by atoms with van der Waals surface area (Å²) < 4.78 is 5.12. The van der Waals surface area contributed by atoms with Crippen LogP contribution in [-0.2, 0) is 4.74 Å². The summed E-state index contributed by atoms with van der Waals surface area (Å²) >= 11 is 0. The molecule has 2 rings (SSSR count). The Morgan fingerprint density at radius 2 is 1.90 bits per heavy atom. The van der Waals surface area contributed by atoms with Gasteiger partial charge in [0.1, 0.15) is 11.6 Å². The molecule has 0 bridgehead atoms. The number of nitrogen functional groups attached to an aromatic ring is 1. The Bertz CT molecular complexity index is 561. The third-order valence-electron chi connectivity index (χ3n) is 2.99. The number of hydrogen-bond acceptors (Lipinski definition) is 6. The lowest BCUT2D eigenvalue weighted by atomic mass is 10.2. The molecule has 4 N–H and O–H groups in total. The lowest BCUT2D eigenvalue weighted by Crippen LogP contribution is -2.17. The monoisotopic (exact) mass is 287 g/mol. The summed E-state index contributed by atoms with van der Waals surface area (Å²) in [5, 5.41) is 3.29. The molecule has 1 heterocycles. The van der Waals surface area contributed by atoms with E-state index in [9.17, 15) is 0 Å². The molecule has 1 aromatic heterocycles. The van der Waals surface area contributed by atoms with Gasteiger partial charge in [0.2, 0.25) is 0 Å². The van der Waals surface area contributed by atoms with E-state index in [1.165, 1.54) is 0 Å². The Kier molecular flexibility index (Phi) is 5.48. The Balaban J connectivity index is 2.18. The van der Waals surface area contributed by atoms with Crippen LogP contribution >= 0.6 is 0 Å². The van der Waals surface area contributed by atoms with E-state index in [1.54, 1.807) is 13.2 Å². The molecule has 1 unspecified atom stereocenters.